The molecule has 1 aliphatic heterocycles. The summed E-state index contributed by atoms with van der Waals surface area (Å²) in [5.74, 6) is 0. The zero-order valence-corrected chi connectivity index (χ0v) is 12.3. The smallest absolute Gasteiger partial charge is 0.133 e. The molecule has 4 heteroatoms. The zero-order chi connectivity index (χ0) is 14.4. The average molecular weight is 273 g/mol. The van der Waals surface area contributed by atoms with Gasteiger partial charge in [0.15, 0.2) is 0 Å². The minimum atomic E-state index is -0.612. The van der Waals surface area contributed by atoms with Crippen LogP contribution in [0.5, 0.6) is 0 Å². The van der Waals surface area contributed by atoms with Crippen molar-refractivity contribution in [2.24, 2.45) is 0 Å². The van der Waals surface area contributed by atoms with Crippen molar-refractivity contribution in [2.75, 3.05) is 33.4 Å². The number of benzene rings is 1. The van der Waals surface area contributed by atoms with Gasteiger partial charge in [0.2, 0.25) is 0 Å². The molecule has 0 aliphatic carbocycles. The van der Waals surface area contributed by atoms with Gasteiger partial charge < -0.3 is 4.74 Å². The molecule has 0 aromatic heterocycles. The van der Waals surface area contributed by atoms with Crippen LogP contribution < -0.4 is 5.32 Å². The molecule has 1 fully saturated rings. The fourth-order valence-electron chi connectivity index (χ4n) is 2.72. The lowest BCUT2D eigenvalue weighted by molar-refractivity contribution is -0.00294. The number of morpholine rings is 1. The van der Waals surface area contributed by atoms with Gasteiger partial charge in [0.25, 0.3) is 0 Å². The molecule has 20 heavy (non-hydrogen) atoms. The topological polar surface area (TPSA) is 48.3 Å². The average Bonchev–Trinajstić information content (AvgIpc) is 2.51. The normalized spacial score (nSPS) is 22.9. The summed E-state index contributed by atoms with van der Waals surface area (Å²) < 4.78 is 5.46. The van der Waals surface area contributed by atoms with Crippen molar-refractivity contribution in [1.82, 2.24) is 10.2 Å². The van der Waals surface area contributed by atoms with Crippen LogP contribution in [0.4, 0.5) is 0 Å². The summed E-state index contributed by atoms with van der Waals surface area (Å²) in [5, 5.41) is 12.9. The quantitative estimate of drug-likeness (QED) is 0.887. The van der Waals surface area contributed by atoms with Crippen LogP contribution in [0.1, 0.15) is 18.9 Å². The second-order valence-electron chi connectivity index (χ2n) is 5.34. The Balaban J connectivity index is 2.08. The fourth-order valence-corrected chi connectivity index (χ4v) is 2.72. The highest BCUT2D eigenvalue weighted by molar-refractivity contribution is 5.31. The molecule has 108 valence electrons. The molecule has 0 radical (unpaired) electrons. The van der Waals surface area contributed by atoms with Crippen molar-refractivity contribution < 1.29 is 4.74 Å². The maximum Gasteiger partial charge on any atom is 0.133 e. The van der Waals surface area contributed by atoms with Crippen LogP contribution in [-0.4, -0.2) is 44.3 Å². The van der Waals surface area contributed by atoms with E-state index in [9.17, 15) is 5.26 Å². The van der Waals surface area contributed by atoms with Crippen LogP contribution in [0.15, 0.2) is 30.3 Å². The number of hydrogen-bond donors (Lipinski definition) is 1. The van der Waals surface area contributed by atoms with Gasteiger partial charge in [-0.05, 0) is 26.0 Å². The van der Waals surface area contributed by atoms with E-state index in [1.165, 1.54) is 0 Å². The van der Waals surface area contributed by atoms with Gasteiger partial charge in [-0.1, -0.05) is 30.3 Å². The summed E-state index contributed by atoms with van der Waals surface area (Å²) in [4.78, 5) is 2.40. The number of rotatable bonds is 5. The van der Waals surface area contributed by atoms with E-state index in [0.717, 1.165) is 38.3 Å². The predicted molar refractivity (Wildman–Crippen MR) is 79.3 cm³/mol. The highest BCUT2D eigenvalue weighted by Crippen LogP contribution is 2.25. The van der Waals surface area contributed by atoms with Crippen LogP contribution in [0.2, 0.25) is 0 Å². The van der Waals surface area contributed by atoms with Gasteiger partial charge >= 0.3 is 0 Å². The monoisotopic (exact) mass is 273 g/mol. The molecule has 1 aliphatic rings. The van der Waals surface area contributed by atoms with Gasteiger partial charge in [-0.3, -0.25) is 10.2 Å². The minimum Gasteiger partial charge on any atom is -0.379 e. The number of ether oxygens (including phenoxy) is 1. The Morgan fingerprint density at radius 2 is 2.20 bits per heavy atom. The molecule has 2 rings (SSSR count). The summed E-state index contributed by atoms with van der Waals surface area (Å²) in [5.41, 5.74) is 0.421. The number of hydrogen-bond acceptors (Lipinski definition) is 4. The Hall–Kier alpha value is -1.41. The summed E-state index contributed by atoms with van der Waals surface area (Å²) in [6.45, 7) is 5.59. The third-order valence-electron chi connectivity index (χ3n) is 4.16. The van der Waals surface area contributed by atoms with Crippen LogP contribution in [0.25, 0.3) is 0 Å². The number of nitrogens with one attached hydrogen (secondary N) is 1. The maximum absolute atomic E-state index is 9.67. The van der Waals surface area contributed by atoms with Crippen LogP contribution in [0, 0.1) is 11.3 Å². The van der Waals surface area contributed by atoms with E-state index in [1.54, 1.807) is 0 Å². The Labute approximate surface area is 121 Å². The highest BCUT2D eigenvalue weighted by atomic mass is 16.5. The van der Waals surface area contributed by atoms with Crippen molar-refractivity contribution in [3.8, 4) is 6.07 Å². The zero-order valence-electron chi connectivity index (χ0n) is 12.3. The molecule has 1 aromatic rings. The van der Waals surface area contributed by atoms with E-state index in [0.29, 0.717) is 6.04 Å². The molecule has 0 saturated carbocycles. The molecular formula is C16H23N3O. The Kier molecular flexibility index (Phi) is 5.13. The first kappa shape index (κ1) is 15.0. The van der Waals surface area contributed by atoms with Crippen molar-refractivity contribution in [3.63, 3.8) is 0 Å². The number of nitrogens with zero attached hydrogens (tertiary/aromatic N) is 2. The summed E-state index contributed by atoms with van der Waals surface area (Å²) in [6.07, 6.45) is 0.772. The molecule has 2 atom stereocenters. The lowest BCUT2D eigenvalue weighted by Crippen LogP contribution is -2.47. The van der Waals surface area contributed by atoms with Gasteiger partial charge in [-0.25, -0.2) is 0 Å². The molecule has 4 nitrogen and oxygen atoms in total. The molecule has 1 N–H and O–H groups in total. The minimum absolute atomic E-state index is 0.424. The van der Waals surface area contributed by atoms with Gasteiger partial charge in [0.1, 0.15) is 5.54 Å². The molecule has 0 bridgehead atoms. The van der Waals surface area contributed by atoms with Crippen LogP contribution >= 0.6 is 0 Å². The molecule has 0 amide bonds. The molecule has 1 aromatic carbocycles. The van der Waals surface area contributed by atoms with E-state index >= 15 is 0 Å². The van der Waals surface area contributed by atoms with E-state index in [4.69, 9.17) is 4.74 Å². The van der Waals surface area contributed by atoms with Crippen LogP contribution in [-0.2, 0) is 10.3 Å². The first-order valence-corrected chi connectivity index (χ1v) is 7.19. The molecule has 0 spiro atoms. The molecule has 2 unspecified atom stereocenters. The Morgan fingerprint density at radius 1 is 1.45 bits per heavy atom. The van der Waals surface area contributed by atoms with Gasteiger partial charge in [-0.2, -0.15) is 5.26 Å². The van der Waals surface area contributed by atoms with Gasteiger partial charge in [0, 0.05) is 19.1 Å². The predicted octanol–water partition coefficient (Wildman–Crippen LogP) is 1.74. The molecular weight excluding hydrogens is 250 g/mol. The number of nitriles is 1. The third kappa shape index (κ3) is 3.18. The van der Waals surface area contributed by atoms with Crippen molar-refractivity contribution in [2.45, 2.75) is 24.9 Å². The largest absolute Gasteiger partial charge is 0.379 e. The first-order chi connectivity index (χ1) is 9.72. The van der Waals surface area contributed by atoms with Crippen molar-refractivity contribution in [3.05, 3.63) is 35.9 Å². The Morgan fingerprint density at radius 3 is 2.80 bits per heavy atom. The van der Waals surface area contributed by atoms with Crippen molar-refractivity contribution >= 4 is 0 Å². The lowest BCUT2D eigenvalue weighted by Gasteiger charge is -2.36. The van der Waals surface area contributed by atoms with Gasteiger partial charge in [0.05, 0.1) is 19.3 Å². The van der Waals surface area contributed by atoms with Crippen LogP contribution in [0.3, 0.4) is 0 Å². The second-order valence-corrected chi connectivity index (χ2v) is 5.34. The lowest BCUT2D eigenvalue weighted by atomic mass is 9.88. The third-order valence-corrected chi connectivity index (χ3v) is 4.16. The Bertz CT molecular complexity index is 457. The van der Waals surface area contributed by atoms with E-state index in [-0.39, 0.29) is 0 Å². The standard InChI is InChI=1S/C16H23N3O/c1-14-12-20-11-10-19(14)9-8-16(13-17,18-2)15-6-4-3-5-7-15/h3-7,14,18H,8-12H2,1-2H3. The fraction of sp³-hybridized carbons (Fsp3) is 0.562. The summed E-state index contributed by atoms with van der Waals surface area (Å²) in [7, 11) is 1.86. The SMILES string of the molecule is CNC(C#N)(CCN1CCOCC1C)c1ccccc1. The maximum atomic E-state index is 9.67. The summed E-state index contributed by atoms with van der Waals surface area (Å²) in [6, 6.07) is 12.9. The van der Waals surface area contributed by atoms with E-state index in [2.05, 4.69) is 23.2 Å². The highest BCUT2D eigenvalue weighted by Gasteiger charge is 2.31. The van der Waals surface area contributed by atoms with E-state index in [1.807, 2.05) is 37.4 Å². The van der Waals surface area contributed by atoms with Crippen molar-refractivity contribution in [1.29, 1.82) is 5.26 Å². The van der Waals surface area contributed by atoms with Gasteiger partial charge in [-0.15, -0.1) is 0 Å². The van der Waals surface area contributed by atoms with E-state index < -0.39 is 5.54 Å². The second kappa shape index (κ2) is 6.85. The molecule has 1 saturated heterocycles. The summed E-state index contributed by atoms with van der Waals surface area (Å²) >= 11 is 0. The first-order valence-electron chi connectivity index (χ1n) is 7.19. The molecule has 1 heterocycles.